The third kappa shape index (κ3) is 3.43. The third-order valence-corrected chi connectivity index (χ3v) is 3.56. The van der Waals surface area contributed by atoms with E-state index in [-0.39, 0.29) is 5.82 Å². The first-order valence-electron chi connectivity index (χ1n) is 5.95. The number of anilines is 1. The van der Waals surface area contributed by atoms with E-state index in [1.165, 1.54) is 18.9 Å². The number of nitrogens with zero attached hydrogens (tertiary/aromatic N) is 1. The van der Waals surface area contributed by atoms with Gasteiger partial charge in [-0.15, -0.1) is 0 Å². The van der Waals surface area contributed by atoms with Gasteiger partial charge in [-0.2, -0.15) is 0 Å². The Kier molecular flexibility index (Phi) is 4.54. The number of hydrogen-bond acceptors (Lipinski definition) is 2. The lowest BCUT2D eigenvalue weighted by atomic mass is 10.3. The second-order valence-corrected chi connectivity index (χ2v) is 5.17. The van der Waals surface area contributed by atoms with E-state index in [1.807, 2.05) is 0 Å². The molecule has 4 nitrogen and oxygen atoms in total. The van der Waals surface area contributed by atoms with Crippen LogP contribution >= 0.6 is 15.9 Å². The highest BCUT2D eigenvalue weighted by molar-refractivity contribution is 9.10. The zero-order chi connectivity index (χ0) is 13.0. The van der Waals surface area contributed by atoms with Crippen molar-refractivity contribution < 1.29 is 4.39 Å². The number of guanidine groups is 1. The molecule has 1 aromatic rings. The molecular weight excluding hydrogens is 299 g/mol. The van der Waals surface area contributed by atoms with Crippen molar-refractivity contribution in [3.63, 3.8) is 0 Å². The molecule has 0 aromatic heterocycles. The summed E-state index contributed by atoms with van der Waals surface area (Å²) in [6, 6.07) is 5.00. The number of halogens is 2. The van der Waals surface area contributed by atoms with Crippen LogP contribution in [0.5, 0.6) is 0 Å². The summed E-state index contributed by atoms with van der Waals surface area (Å²) in [6.45, 7) is 0. The molecule has 0 bridgehead atoms. The van der Waals surface area contributed by atoms with E-state index in [9.17, 15) is 4.39 Å². The van der Waals surface area contributed by atoms with Crippen LogP contribution < -0.4 is 16.6 Å². The molecule has 1 aliphatic rings. The van der Waals surface area contributed by atoms with Crippen molar-refractivity contribution in [1.29, 1.82) is 0 Å². The van der Waals surface area contributed by atoms with Crippen molar-refractivity contribution in [3.8, 4) is 0 Å². The predicted octanol–water partition coefficient (Wildman–Crippen LogP) is 2.76. The van der Waals surface area contributed by atoms with Gasteiger partial charge >= 0.3 is 0 Å². The Labute approximate surface area is 114 Å². The van der Waals surface area contributed by atoms with Crippen LogP contribution in [0.15, 0.2) is 27.7 Å². The summed E-state index contributed by atoms with van der Waals surface area (Å²) in [6.07, 6.45) is 4.63. The third-order valence-electron chi connectivity index (χ3n) is 2.96. The highest BCUT2D eigenvalue weighted by Crippen LogP contribution is 2.22. The first kappa shape index (κ1) is 13.3. The molecular formula is C12H16BrFN4. The minimum absolute atomic E-state index is 0.296. The Bertz CT molecular complexity index is 444. The van der Waals surface area contributed by atoms with Gasteiger partial charge in [-0.25, -0.2) is 15.2 Å². The van der Waals surface area contributed by atoms with Gasteiger partial charge in [-0.05, 0) is 47.0 Å². The maximum atomic E-state index is 13.1. The molecule has 1 fully saturated rings. The minimum atomic E-state index is -0.296. The fraction of sp³-hybridized carbons (Fsp3) is 0.417. The fourth-order valence-electron chi connectivity index (χ4n) is 2.03. The molecule has 1 aliphatic carbocycles. The number of nitrogens with two attached hydrogens (primary N) is 1. The van der Waals surface area contributed by atoms with Gasteiger partial charge in [-0.1, -0.05) is 12.8 Å². The van der Waals surface area contributed by atoms with Crippen LogP contribution in [-0.2, 0) is 0 Å². The van der Waals surface area contributed by atoms with E-state index in [4.69, 9.17) is 5.84 Å². The number of nitrogens with one attached hydrogen (secondary N) is 2. The molecule has 0 radical (unpaired) electrons. The van der Waals surface area contributed by atoms with Gasteiger partial charge in [0.05, 0.1) is 10.5 Å². The van der Waals surface area contributed by atoms with Gasteiger partial charge < -0.3 is 5.32 Å². The summed E-state index contributed by atoms with van der Waals surface area (Å²) in [7, 11) is 0. The zero-order valence-corrected chi connectivity index (χ0v) is 11.5. The van der Waals surface area contributed by atoms with E-state index >= 15 is 0 Å². The zero-order valence-electron chi connectivity index (χ0n) is 9.92. The van der Waals surface area contributed by atoms with Crippen molar-refractivity contribution in [3.05, 3.63) is 28.5 Å². The van der Waals surface area contributed by atoms with Crippen LogP contribution in [0.1, 0.15) is 25.7 Å². The van der Waals surface area contributed by atoms with Crippen LogP contribution in [0.2, 0.25) is 0 Å². The number of aliphatic imine (C=N–C) groups is 1. The highest BCUT2D eigenvalue weighted by atomic mass is 79.9. The number of rotatable bonds is 2. The molecule has 0 amide bonds. The predicted molar refractivity (Wildman–Crippen MR) is 74.7 cm³/mol. The van der Waals surface area contributed by atoms with E-state index in [0.717, 1.165) is 18.5 Å². The number of benzene rings is 1. The van der Waals surface area contributed by atoms with Crippen molar-refractivity contribution in [2.75, 3.05) is 5.32 Å². The smallest absolute Gasteiger partial charge is 0.210 e. The standard InChI is InChI=1S/C12H16BrFN4/c13-10-7-9(5-6-11(10)14)17-12(18-15)16-8-3-1-2-4-8/h5-8H,1-4,15H2,(H2,16,17,18). The molecule has 98 valence electrons. The van der Waals surface area contributed by atoms with E-state index in [2.05, 4.69) is 31.7 Å². The van der Waals surface area contributed by atoms with Crippen LogP contribution in [0.25, 0.3) is 0 Å². The van der Waals surface area contributed by atoms with Gasteiger partial charge in [-0.3, -0.25) is 5.43 Å². The molecule has 0 aliphatic heterocycles. The molecule has 0 spiro atoms. The molecule has 1 saturated carbocycles. The normalized spacial score (nSPS) is 16.9. The Hall–Kier alpha value is -1.14. The lowest BCUT2D eigenvalue weighted by Crippen LogP contribution is -2.37. The molecule has 18 heavy (non-hydrogen) atoms. The topological polar surface area (TPSA) is 62.4 Å². The number of hydrazine groups is 1. The average molecular weight is 315 g/mol. The lowest BCUT2D eigenvalue weighted by Gasteiger charge is -2.12. The van der Waals surface area contributed by atoms with E-state index in [1.54, 1.807) is 12.1 Å². The monoisotopic (exact) mass is 314 g/mol. The Morgan fingerprint density at radius 2 is 2.11 bits per heavy atom. The number of hydrogen-bond donors (Lipinski definition) is 3. The van der Waals surface area contributed by atoms with Crippen LogP contribution in [0.3, 0.4) is 0 Å². The Morgan fingerprint density at radius 1 is 1.39 bits per heavy atom. The molecule has 0 unspecified atom stereocenters. The summed E-state index contributed by atoms with van der Waals surface area (Å²) in [4.78, 5) is 4.50. The second kappa shape index (κ2) is 6.15. The lowest BCUT2D eigenvalue weighted by molar-refractivity contribution is 0.621. The maximum Gasteiger partial charge on any atom is 0.210 e. The maximum absolute atomic E-state index is 13.1. The first-order valence-corrected chi connectivity index (χ1v) is 6.75. The van der Waals surface area contributed by atoms with Gasteiger partial charge in [0.25, 0.3) is 0 Å². The fourth-order valence-corrected chi connectivity index (χ4v) is 2.41. The quantitative estimate of drug-likeness (QED) is 0.340. The SMILES string of the molecule is NNC(=NC1CCCC1)Nc1ccc(F)c(Br)c1. The minimum Gasteiger partial charge on any atom is -0.325 e. The van der Waals surface area contributed by atoms with Crippen LogP contribution in [-0.4, -0.2) is 12.0 Å². The molecule has 0 heterocycles. The second-order valence-electron chi connectivity index (χ2n) is 4.31. The van der Waals surface area contributed by atoms with Crippen LogP contribution in [0.4, 0.5) is 10.1 Å². The molecule has 0 atom stereocenters. The molecule has 0 saturated heterocycles. The first-order chi connectivity index (χ1) is 8.69. The van der Waals surface area contributed by atoms with E-state index in [0.29, 0.717) is 16.5 Å². The molecule has 6 heteroatoms. The molecule has 1 aromatic carbocycles. The molecule has 2 rings (SSSR count). The van der Waals surface area contributed by atoms with Crippen molar-refractivity contribution in [1.82, 2.24) is 5.43 Å². The van der Waals surface area contributed by atoms with Crippen molar-refractivity contribution in [2.24, 2.45) is 10.8 Å². The highest BCUT2D eigenvalue weighted by Gasteiger charge is 2.14. The van der Waals surface area contributed by atoms with Crippen LogP contribution in [0, 0.1) is 5.82 Å². The van der Waals surface area contributed by atoms with Gasteiger partial charge in [0.15, 0.2) is 0 Å². The summed E-state index contributed by atoms with van der Waals surface area (Å²) in [5.74, 6) is 5.66. The summed E-state index contributed by atoms with van der Waals surface area (Å²) in [5, 5.41) is 3.04. The van der Waals surface area contributed by atoms with Crippen molar-refractivity contribution >= 4 is 27.6 Å². The van der Waals surface area contributed by atoms with Gasteiger partial charge in [0, 0.05) is 5.69 Å². The summed E-state index contributed by atoms with van der Waals surface area (Å²) < 4.78 is 13.5. The average Bonchev–Trinajstić information content (AvgIpc) is 2.86. The Balaban J connectivity index is 2.07. The summed E-state index contributed by atoms with van der Waals surface area (Å²) in [5.41, 5.74) is 3.28. The van der Waals surface area contributed by atoms with Gasteiger partial charge in [0.1, 0.15) is 5.82 Å². The Morgan fingerprint density at radius 3 is 2.72 bits per heavy atom. The van der Waals surface area contributed by atoms with Crippen molar-refractivity contribution in [2.45, 2.75) is 31.7 Å². The largest absolute Gasteiger partial charge is 0.325 e. The molecule has 4 N–H and O–H groups in total. The van der Waals surface area contributed by atoms with Gasteiger partial charge in [0.2, 0.25) is 5.96 Å². The van der Waals surface area contributed by atoms with E-state index < -0.39 is 0 Å². The summed E-state index contributed by atoms with van der Waals surface area (Å²) >= 11 is 3.14.